The van der Waals surface area contributed by atoms with Crippen LogP contribution in [0.1, 0.15) is 52.8 Å². The number of carboxylic acid groups (broad SMARTS) is 1. The third-order valence-electron chi connectivity index (χ3n) is 8.99. The van der Waals surface area contributed by atoms with E-state index in [1.807, 2.05) is 149 Å². The summed E-state index contributed by atoms with van der Waals surface area (Å²) < 4.78 is 6.06. The van der Waals surface area contributed by atoms with Gasteiger partial charge < -0.3 is 9.52 Å². The molecule has 4 aromatic carbocycles. The Hall–Kier alpha value is -5.25. The first-order valence-electron chi connectivity index (χ1n) is 16.9. The molecule has 9 heteroatoms. The quantitative estimate of drug-likeness (QED) is 0.127. The Balaban J connectivity index is 1.74. The number of ketones is 1. The first kappa shape index (κ1) is 36.0. The number of benzene rings is 4. The van der Waals surface area contributed by atoms with Crippen LogP contribution in [0.15, 0.2) is 126 Å². The Morgan fingerprint density at radius 2 is 1.30 bits per heavy atom. The zero-order valence-electron chi connectivity index (χ0n) is 28.9. The first-order chi connectivity index (χ1) is 24.1. The van der Waals surface area contributed by atoms with Crippen molar-refractivity contribution < 1.29 is 19.1 Å². The molecule has 0 saturated heterocycles. The molecule has 2 atom stereocenters. The Labute approximate surface area is 294 Å². The average molecular weight is 687 g/mol. The van der Waals surface area contributed by atoms with Crippen molar-refractivity contribution in [1.82, 2.24) is 15.1 Å². The van der Waals surface area contributed by atoms with E-state index >= 15 is 4.79 Å². The molecule has 0 fully saturated rings. The van der Waals surface area contributed by atoms with E-state index in [-0.39, 0.29) is 24.0 Å². The maximum Gasteiger partial charge on any atom is 0.408 e. The Morgan fingerprint density at radius 1 is 0.820 bits per heavy atom. The molecule has 0 saturated carbocycles. The minimum absolute atomic E-state index is 0.0604. The number of nitrogens with zero attached hydrogens (tertiary/aromatic N) is 4. The highest BCUT2D eigenvalue weighted by molar-refractivity contribution is 7.97. The van der Waals surface area contributed by atoms with Crippen molar-refractivity contribution in [1.29, 1.82) is 5.26 Å². The number of carbonyl (C=O) groups excluding carboxylic acids is 1. The second kappa shape index (κ2) is 16.0. The molecule has 50 heavy (non-hydrogen) atoms. The average Bonchev–Trinajstić information content (AvgIpc) is 3.61. The summed E-state index contributed by atoms with van der Waals surface area (Å²) in [5.74, 6) is 0.107. The van der Waals surface area contributed by atoms with Gasteiger partial charge in [0.1, 0.15) is 11.4 Å². The molecular formula is C41H43N4O4P. The lowest BCUT2D eigenvalue weighted by atomic mass is 9.82. The number of aromatic nitrogens is 2. The third-order valence-corrected chi connectivity index (χ3v) is 13.2. The maximum absolute atomic E-state index is 15.4. The predicted molar refractivity (Wildman–Crippen MR) is 201 cm³/mol. The lowest BCUT2D eigenvalue weighted by Gasteiger charge is -2.42. The van der Waals surface area contributed by atoms with E-state index in [4.69, 9.17) is 4.42 Å². The van der Waals surface area contributed by atoms with E-state index < -0.39 is 36.3 Å². The van der Waals surface area contributed by atoms with Crippen molar-refractivity contribution in [3.63, 3.8) is 0 Å². The van der Waals surface area contributed by atoms with Crippen LogP contribution in [-0.4, -0.2) is 49.5 Å². The Kier molecular flexibility index (Phi) is 11.5. The molecule has 0 bridgehead atoms. The minimum Gasteiger partial charge on any atom is -0.465 e. The zero-order valence-corrected chi connectivity index (χ0v) is 29.8. The Morgan fingerprint density at radius 3 is 1.72 bits per heavy atom. The standard InChI is InChI=1S/C41H43N4O4P/c1-5-6-27-34(45(40(47)48)36(41(2,3)4)28-37-43-44-39(49-37)30-19-11-7-12-20-30)38(46)35(29-42)50(31-21-13-8-14-22-31,32-23-15-9-16-24-32)33-25-17-10-18-26-33/h7-26,34,36H,5-6,27-28H2,1-4H3,(H,47,48)/t34-,36-/m0/s1. The zero-order chi connectivity index (χ0) is 35.7. The van der Waals surface area contributed by atoms with Crippen molar-refractivity contribution in [2.45, 2.75) is 65.5 Å². The van der Waals surface area contributed by atoms with Gasteiger partial charge in [-0.2, -0.15) is 5.26 Å². The van der Waals surface area contributed by atoms with Crippen LogP contribution >= 0.6 is 6.89 Å². The normalized spacial score (nSPS) is 12.8. The third kappa shape index (κ3) is 7.49. The van der Waals surface area contributed by atoms with Crippen molar-refractivity contribution in [2.75, 3.05) is 0 Å². The molecule has 5 rings (SSSR count). The molecule has 1 amide bonds. The minimum atomic E-state index is -3.10. The molecule has 0 radical (unpaired) electrons. The highest BCUT2D eigenvalue weighted by atomic mass is 31.2. The van der Waals surface area contributed by atoms with Gasteiger partial charge >= 0.3 is 6.09 Å². The number of hydrogen-bond donors (Lipinski definition) is 1. The summed E-state index contributed by atoms with van der Waals surface area (Å²) in [6.07, 6.45) is 0.407. The summed E-state index contributed by atoms with van der Waals surface area (Å²) in [5, 5.41) is 33.3. The van der Waals surface area contributed by atoms with Crippen LogP contribution in [0, 0.1) is 16.7 Å². The summed E-state index contributed by atoms with van der Waals surface area (Å²) in [6, 6.07) is 38.9. The number of amides is 1. The van der Waals surface area contributed by atoms with E-state index in [0.717, 1.165) is 27.9 Å². The van der Waals surface area contributed by atoms with E-state index in [2.05, 4.69) is 16.3 Å². The second-order valence-electron chi connectivity index (χ2n) is 13.3. The molecule has 0 aliphatic carbocycles. The first-order valence-corrected chi connectivity index (χ1v) is 18.7. The lowest BCUT2D eigenvalue weighted by molar-refractivity contribution is -0.119. The van der Waals surface area contributed by atoms with E-state index in [1.54, 1.807) is 0 Å². The number of hydrogen-bond acceptors (Lipinski definition) is 6. The van der Waals surface area contributed by atoms with E-state index in [1.165, 1.54) is 4.90 Å². The number of unbranched alkanes of at least 4 members (excludes halogenated alkanes) is 1. The van der Waals surface area contributed by atoms with Crippen LogP contribution in [0.5, 0.6) is 0 Å². The molecule has 0 aliphatic heterocycles. The van der Waals surface area contributed by atoms with Crippen LogP contribution in [0.25, 0.3) is 11.5 Å². The van der Waals surface area contributed by atoms with Gasteiger partial charge in [-0.05, 0) is 46.8 Å². The van der Waals surface area contributed by atoms with Crippen molar-refractivity contribution in [3.8, 4) is 17.5 Å². The fourth-order valence-electron chi connectivity index (χ4n) is 6.54. The summed E-state index contributed by atoms with van der Waals surface area (Å²) in [6.45, 7) is 4.72. The molecule has 0 unspecified atom stereocenters. The number of nitriles is 1. The van der Waals surface area contributed by atoms with Gasteiger partial charge in [0.15, 0.2) is 5.78 Å². The van der Waals surface area contributed by atoms with Gasteiger partial charge in [0, 0.05) is 18.0 Å². The fraction of sp³-hybridized carbons (Fsp3) is 0.268. The molecular weight excluding hydrogens is 643 g/mol. The van der Waals surface area contributed by atoms with E-state index in [9.17, 15) is 15.2 Å². The van der Waals surface area contributed by atoms with Crippen molar-refractivity contribution >= 4 is 40.0 Å². The highest BCUT2D eigenvalue weighted by Gasteiger charge is 2.44. The fourth-order valence-corrected chi connectivity index (χ4v) is 10.7. The second-order valence-corrected chi connectivity index (χ2v) is 16.6. The predicted octanol–water partition coefficient (Wildman–Crippen LogP) is 7.49. The monoisotopic (exact) mass is 686 g/mol. The molecule has 1 N–H and O–H groups in total. The number of Topliss-reactive ketones (excluding diaryl/α,β-unsaturated/α-hetero) is 1. The molecule has 0 spiro atoms. The van der Waals surface area contributed by atoms with Gasteiger partial charge in [-0.3, -0.25) is 9.69 Å². The van der Waals surface area contributed by atoms with Crippen LogP contribution in [0.4, 0.5) is 4.79 Å². The van der Waals surface area contributed by atoms with Crippen LogP contribution in [-0.2, 0) is 11.2 Å². The molecule has 5 aromatic rings. The van der Waals surface area contributed by atoms with E-state index in [0.29, 0.717) is 12.3 Å². The summed E-state index contributed by atoms with van der Waals surface area (Å²) in [4.78, 5) is 30.1. The van der Waals surface area contributed by atoms with Crippen LogP contribution in [0.2, 0.25) is 0 Å². The van der Waals surface area contributed by atoms with Gasteiger partial charge in [-0.25, -0.2) is 4.79 Å². The summed E-state index contributed by atoms with van der Waals surface area (Å²) in [5.41, 5.74) is 0.0999. The van der Waals surface area contributed by atoms with Crippen LogP contribution in [0.3, 0.4) is 0 Å². The summed E-state index contributed by atoms with van der Waals surface area (Å²) in [7, 11) is 0. The molecule has 0 aliphatic rings. The number of carbonyl (C=O) groups is 2. The van der Waals surface area contributed by atoms with Gasteiger partial charge in [-0.1, -0.05) is 150 Å². The van der Waals surface area contributed by atoms with Gasteiger partial charge in [0.2, 0.25) is 11.8 Å². The van der Waals surface area contributed by atoms with Crippen molar-refractivity contribution in [2.24, 2.45) is 5.41 Å². The van der Waals surface area contributed by atoms with Gasteiger partial charge in [-0.15, -0.1) is 10.2 Å². The molecule has 1 heterocycles. The molecule has 1 aromatic heterocycles. The number of rotatable bonds is 13. The SMILES string of the molecule is CCCC[C@@H](C(=O)C(C#N)=P(c1ccccc1)(c1ccccc1)c1ccccc1)N(C(=O)O)[C@@H](Cc1nnc(-c2ccccc2)o1)C(C)(C)C. The lowest BCUT2D eigenvalue weighted by Crippen LogP contribution is -2.57. The Bertz CT molecular complexity index is 1880. The topological polar surface area (TPSA) is 120 Å². The van der Waals surface area contributed by atoms with Gasteiger partial charge in [0.05, 0.1) is 6.04 Å². The van der Waals surface area contributed by atoms with Crippen LogP contribution < -0.4 is 15.9 Å². The molecule has 8 nitrogen and oxygen atoms in total. The summed E-state index contributed by atoms with van der Waals surface area (Å²) >= 11 is 0. The van der Waals surface area contributed by atoms with Crippen molar-refractivity contribution in [3.05, 3.63) is 127 Å². The largest absolute Gasteiger partial charge is 0.465 e. The highest BCUT2D eigenvalue weighted by Crippen LogP contribution is 2.47. The maximum atomic E-state index is 15.4. The molecule has 256 valence electrons. The smallest absolute Gasteiger partial charge is 0.408 e. The van der Waals surface area contributed by atoms with Gasteiger partial charge in [0.25, 0.3) is 0 Å².